The molecule has 0 heterocycles. The largest absolute Gasteiger partial charge is 0.497 e. The van der Waals surface area contributed by atoms with E-state index in [2.05, 4.69) is 39.0 Å². The Morgan fingerprint density at radius 1 is 1.06 bits per heavy atom. The van der Waals surface area contributed by atoms with Crippen LogP contribution in [0.2, 0.25) is 0 Å². The topological polar surface area (TPSA) is 55.8 Å². The van der Waals surface area contributed by atoms with Crippen molar-refractivity contribution in [3.63, 3.8) is 0 Å². The maximum absolute atomic E-state index is 14.8. The zero-order valence-corrected chi connectivity index (χ0v) is 20.7. The number of carboxylic acids is 1. The molecule has 182 valence electrons. The molecule has 0 aromatic heterocycles. The molecule has 2 aliphatic carbocycles. The third kappa shape index (κ3) is 4.18. The van der Waals surface area contributed by atoms with Crippen molar-refractivity contribution in [2.45, 2.75) is 57.5 Å². The lowest BCUT2D eigenvalue weighted by Crippen LogP contribution is -2.14. The number of methoxy groups -OCH3 is 1. The summed E-state index contributed by atoms with van der Waals surface area (Å²) in [5, 5.41) is 9.43. The monoisotopic (exact) mass is 474 g/mol. The maximum Gasteiger partial charge on any atom is 0.307 e. The average molecular weight is 475 g/mol. The first-order valence-corrected chi connectivity index (χ1v) is 12.1. The van der Waals surface area contributed by atoms with Crippen LogP contribution in [0.15, 0.2) is 54.6 Å². The third-order valence-corrected chi connectivity index (χ3v) is 7.59. The van der Waals surface area contributed by atoms with E-state index in [1.807, 2.05) is 18.2 Å². The summed E-state index contributed by atoms with van der Waals surface area (Å²) in [6, 6.07) is 16.9. The second-order valence-corrected chi connectivity index (χ2v) is 10.8. The second kappa shape index (κ2) is 8.40. The lowest BCUT2D eigenvalue weighted by Gasteiger charge is -2.24. The van der Waals surface area contributed by atoms with Gasteiger partial charge in [-0.1, -0.05) is 45.0 Å². The van der Waals surface area contributed by atoms with Gasteiger partial charge in [-0.3, -0.25) is 4.79 Å². The third-order valence-electron chi connectivity index (χ3n) is 7.59. The summed E-state index contributed by atoms with van der Waals surface area (Å²) in [5.41, 5.74) is 5.43. The van der Waals surface area contributed by atoms with E-state index in [0.717, 1.165) is 41.7 Å². The van der Waals surface area contributed by atoms with Gasteiger partial charge in [0.15, 0.2) is 0 Å². The van der Waals surface area contributed by atoms with Crippen LogP contribution in [-0.2, 0) is 28.7 Å². The number of hydrogen-bond acceptors (Lipinski definition) is 3. The molecule has 0 aliphatic heterocycles. The Hall–Kier alpha value is -3.34. The van der Waals surface area contributed by atoms with Gasteiger partial charge in [-0.2, -0.15) is 0 Å². The Bertz CT molecular complexity index is 1310. The molecule has 0 saturated heterocycles. The molecule has 4 nitrogen and oxygen atoms in total. The molecule has 1 spiro atoms. The standard InChI is InChI=1S/C30H31FO4/c1-29(2,3)25-13-18(5-8-22(25)23-15-20(34-4)7-10-27(23)31)17-35-21-6-9-24-19(14-21)11-12-30(24)16-26(30)28(32)33/h5-10,13-15,26H,11-12,16-17H2,1-4H3,(H,32,33)/t26-,30-/m0/s1. The summed E-state index contributed by atoms with van der Waals surface area (Å²) in [4.78, 5) is 11.5. The van der Waals surface area contributed by atoms with Crippen molar-refractivity contribution >= 4 is 5.97 Å². The van der Waals surface area contributed by atoms with E-state index in [9.17, 15) is 14.3 Å². The minimum atomic E-state index is -0.690. The van der Waals surface area contributed by atoms with Crippen molar-refractivity contribution in [1.82, 2.24) is 0 Å². The first kappa shape index (κ1) is 23.4. The van der Waals surface area contributed by atoms with Crippen molar-refractivity contribution in [2.24, 2.45) is 5.92 Å². The van der Waals surface area contributed by atoms with Gasteiger partial charge in [0.25, 0.3) is 0 Å². The fourth-order valence-electron chi connectivity index (χ4n) is 5.59. The zero-order chi connectivity index (χ0) is 25.0. The highest BCUT2D eigenvalue weighted by atomic mass is 19.1. The normalized spacial score (nSPS) is 20.5. The molecule has 0 radical (unpaired) electrons. The van der Waals surface area contributed by atoms with Crippen molar-refractivity contribution in [3.8, 4) is 22.6 Å². The van der Waals surface area contributed by atoms with Crippen LogP contribution in [0, 0.1) is 11.7 Å². The summed E-state index contributed by atoms with van der Waals surface area (Å²) in [5.74, 6) is 0.183. The Labute approximate surface area is 205 Å². The molecule has 1 saturated carbocycles. The number of rotatable bonds is 6. The van der Waals surface area contributed by atoms with E-state index in [1.54, 1.807) is 19.2 Å². The molecule has 5 rings (SSSR count). The number of ether oxygens (including phenoxy) is 2. The van der Waals surface area contributed by atoms with Crippen LogP contribution >= 0.6 is 0 Å². The Balaban J connectivity index is 1.38. The average Bonchev–Trinajstić information content (AvgIpc) is 3.46. The Morgan fingerprint density at radius 3 is 2.51 bits per heavy atom. The van der Waals surface area contributed by atoms with Crippen molar-refractivity contribution in [1.29, 1.82) is 0 Å². The van der Waals surface area contributed by atoms with Gasteiger partial charge in [-0.25, -0.2) is 4.39 Å². The molecule has 1 N–H and O–H groups in total. The van der Waals surface area contributed by atoms with Crippen LogP contribution in [-0.4, -0.2) is 18.2 Å². The van der Waals surface area contributed by atoms with Gasteiger partial charge in [-0.05, 0) is 82.8 Å². The van der Waals surface area contributed by atoms with E-state index >= 15 is 0 Å². The van der Waals surface area contributed by atoms with E-state index in [4.69, 9.17) is 9.47 Å². The molecule has 0 unspecified atom stereocenters. The van der Waals surface area contributed by atoms with E-state index < -0.39 is 5.97 Å². The highest BCUT2D eigenvalue weighted by Crippen LogP contribution is 2.61. The fraction of sp³-hybridized carbons (Fsp3) is 0.367. The van der Waals surface area contributed by atoms with Crippen molar-refractivity contribution in [2.75, 3.05) is 7.11 Å². The number of carbonyl (C=O) groups is 1. The molecule has 5 heteroatoms. The summed E-state index contributed by atoms with van der Waals surface area (Å²) < 4.78 is 26.2. The van der Waals surface area contributed by atoms with Crippen molar-refractivity contribution < 1.29 is 23.8 Å². The van der Waals surface area contributed by atoms with Gasteiger partial charge < -0.3 is 14.6 Å². The number of aryl methyl sites for hydroxylation is 1. The molecule has 0 amide bonds. The van der Waals surface area contributed by atoms with Gasteiger partial charge in [0.1, 0.15) is 23.9 Å². The van der Waals surface area contributed by atoms with Gasteiger partial charge in [0.05, 0.1) is 13.0 Å². The predicted molar refractivity (Wildman–Crippen MR) is 134 cm³/mol. The van der Waals surface area contributed by atoms with E-state index in [0.29, 0.717) is 17.9 Å². The minimum absolute atomic E-state index is 0.160. The molecule has 3 aromatic carbocycles. The first-order valence-electron chi connectivity index (χ1n) is 12.1. The summed E-state index contributed by atoms with van der Waals surface area (Å²) in [6.45, 7) is 6.75. The molecule has 3 aromatic rings. The fourth-order valence-corrected chi connectivity index (χ4v) is 5.59. The molecular formula is C30H31FO4. The first-order chi connectivity index (χ1) is 16.6. The van der Waals surface area contributed by atoms with Crippen LogP contribution < -0.4 is 9.47 Å². The number of benzene rings is 3. The number of hydrogen-bond donors (Lipinski definition) is 1. The van der Waals surface area contributed by atoms with Crippen LogP contribution in [0.25, 0.3) is 11.1 Å². The lowest BCUT2D eigenvalue weighted by molar-refractivity contribution is -0.139. The lowest BCUT2D eigenvalue weighted by atomic mass is 9.81. The van der Waals surface area contributed by atoms with Crippen LogP contribution in [0.1, 0.15) is 55.9 Å². The molecule has 1 fully saturated rings. The number of aliphatic carboxylic acids is 1. The Morgan fingerprint density at radius 2 is 1.83 bits per heavy atom. The van der Waals surface area contributed by atoms with Crippen molar-refractivity contribution in [3.05, 3.63) is 82.7 Å². The van der Waals surface area contributed by atoms with Gasteiger partial charge >= 0.3 is 5.97 Å². The summed E-state index contributed by atoms with van der Waals surface area (Å²) >= 11 is 0. The molecule has 35 heavy (non-hydrogen) atoms. The maximum atomic E-state index is 14.8. The highest BCUT2D eigenvalue weighted by Gasteiger charge is 2.61. The van der Waals surface area contributed by atoms with Gasteiger partial charge in [-0.15, -0.1) is 0 Å². The minimum Gasteiger partial charge on any atom is -0.497 e. The smallest absolute Gasteiger partial charge is 0.307 e. The second-order valence-electron chi connectivity index (χ2n) is 10.8. The predicted octanol–water partition coefficient (Wildman–Crippen LogP) is 6.67. The van der Waals surface area contributed by atoms with Crippen LogP contribution in [0.3, 0.4) is 0 Å². The Kier molecular flexibility index (Phi) is 5.62. The quantitative estimate of drug-likeness (QED) is 0.434. The number of carboxylic acid groups (broad SMARTS) is 1. The molecule has 0 bridgehead atoms. The summed E-state index contributed by atoms with van der Waals surface area (Å²) in [6.07, 6.45) is 2.54. The van der Waals surface area contributed by atoms with Crippen LogP contribution in [0.4, 0.5) is 4.39 Å². The number of halogens is 1. The van der Waals surface area contributed by atoms with Crippen LogP contribution in [0.5, 0.6) is 11.5 Å². The zero-order valence-electron chi connectivity index (χ0n) is 20.7. The van der Waals surface area contributed by atoms with Gasteiger partial charge in [0.2, 0.25) is 0 Å². The molecule has 2 aliphatic rings. The molecular weight excluding hydrogens is 443 g/mol. The van der Waals surface area contributed by atoms with Gasteiger partial charge in [0, 0.05) is 11.0 Å². The molecule has 2 atom stereocenters. The number of fused-ring (bicyclic) bond motifs is 2. The van der Waals surface area contributed by atoms with E-state index in [-0.39, 0.29) is 22.6 Å². The van der Waals surface area contributed by atoms with E-state index in [1.165, 1.54) is 17.2 Å². The highest BCUT2D eigenvalue weighted by molar-refractivity contribution is 5.78. The SMILES string of the molecule is COc1ccc(F)c(-c2ccc(COc3ccc4c(c3)CC[C@]43C[C@H]3C(=O)O)cc2C(C)(C)C)c1. The summed E-state index contributed by atoms with van der Waals surface area (Å²) in [7, 11) is 1.58.